The molecule has 29 heavy (non-hydrogen) atoms. The average molecular weight is 393 g/mol. The second-order valence-corrected chi connectivity index (χ2v) is 8.53. The third-order valence-electron chi connectivity index (χ3n) is 6.64. The van der Waals surface area contributed by atoms with Gasteiger partial charge in [0.1, 0.15) is 0 Å². The molecule has 0 nitrogen and oxygen atoms in total. The third kappa shape index (κ3) is 2.59. The van der Waals surface area contributed by atoms with Crippen LogP contribution in [0.4, 0.5) is 0 Å². The summed E-state index contributed by atoms with van der Waals surface area (Å²) in [5, 5.41) is 8.71. The van der Waals surface area contributed by atoms with Crippen molar-refractivity contribution >= 4 is 43.9 Å². The van der Waals surface area contributed by atoms with Crippen LogP contribution in [0.5, 0.6) is 0 Å². The van der Waals surface area contributed by atoms with E-state index in [2.05, 4.69) is 84.9 Å². The van der Waals surface area contributed by atoms with E-state index in [9.17, 15) is 0 Å². The summed E-state index contributed by atoms with van der Waals surface area (Å²) >= 11 is 6.94. The monoisotopic (exact) mass is 392 g/mol. The summed E-state index contributed by atoms with van der Waals surface area (Å²) in [6.07, 6.45) is 3.50. The molecule has 0 N–H and O–H groups in total. The van der Waals surface area contributed by atoms with Gasteiger partial charge in [0, 0.05) is 11.3 Å². The highest BCUT2D eigenvalue weighted by Gasteiger charge is 2.25. The lowest BCUT2D eigenvalue weighted by Crippen LogP contribution is -2.12. The van der Waals surface area contributed by atoms with Crippen molar-refractivity contribution in [2.24, 2.45) is 0 Å². The second kappa shape index (κ2) is 6.61. The van der Waals surface area contributed by atoms with Gasteiger partial charge in [0.2, 0.25) is 0 Å². The van der Waals surface area contributed by atoms with E-state index in [1.165, 1.54) is 50.0 Å². The van der Waals surface area contributed by atoms with Crippen LogP contribution in [0.2, 0.25) is 5.02 Å². The Hall–Kier alpha value is -2.83. The minimum atomic E-state index is 0.367. The van der Waals surface area contributed by atoms with Gasteiger partial charge in [-0.1, -0.05) is 96.5 Å². The van der Waals surface area contributed by atoms with Crippen molar-refractivity contribution in [1.29, 1.82) is 0 Å². The smallest absolute Gasteiger partial charge is 0.0522 e. The highest BCUT2D eigenvalue weighted by atomic mass is 35.5. The van der Waals surface area contributed by atoms with Gasteiger partial charge in [-0.15, -0.1) is 0 Å². The van der Waals surface area contributed by atoms with Crippen molar-refractivity contribution in [3.63, 3.8) is 0 Å². The number of rotatable bonds is 1. The van der Waals surface area contributed by atoms with Crippen molar-refractivity contribution < 1.29 is 0 Å². The molecular formula is C28H21Cl. The number of halogens is 1. The lowest BCUT2D eigenvalue weighted by Gasteiger charge is -2.28. The van der Waals surface area contributed by atoms with Crippen LogP contribution in [0.3, 0.4) is 0 Å². The van der Waals surface area contributed by atoms with Crippen LogP contribution in [0, 0.1) is 0 Å². The summed E-state index contributed by atoms with van der Waals surface area (Å²) in [6, 6.07) is 30.9. The molecule has 0 saturated carbocycles. The Kier molecular flexibility index (Phi) is 3.89. The van der Waals surface area contributed by atoms with Gasteiger partial charge in [-0.2, -0.15) is 0 Å². The fourth-order valence-corrected chi connectivity index (χ4v) is 5.62. The van der Waals surface area contributed by atoms with Crippen LogP contribution in [0.1, 0.15) is 35.4 Å². The first-order chi connectivity index (χ1) is 14.3. The Morgan fingerprint density at radius 3 is 2.10 bits per heavy atom. The van der Waals surface area contributed by atoms with Gasteiger partial charge >= 0.3 is 0 Å². The molecule has 0 bridgehead atoms. The standard InChI is InChI=1S/C28H21Cl/c29-28-21-9-4-2-7-19(21)13-15-27(28)23-11-5-10-22-25-14-12-18-6-1-3-8-20(18)24(25)16-17-26(22)23/h1-4,6-9,12-17,23H,5,10-11H2. The molecule has 1 aliphatic carbocycles. The Bertz CT molecular complexity index is 1400. The molecule has 6 rings (SSSR count). The van der Waals surface area contributed by atoms with Gasteiger partial charge in [0.25, 0.3) is 0 Å². The zero-order chi connectivity index (χ0) is 19.4. The summed E-state index contributed by atoms with van der Waals surface area (Å²) in [7, 11) is 0. The molecule has 0 spiro atoms. The van der Waals surface area contributed by atoms with E-state index in [4.69, 9.17) is 11.6 Å². The summed E-state index contributed by atoms with van der Waals surface area (Å²) in [4.78, 5) is 0. The number of hydrogen-bond acceptors (Lipinski definition) is 0. The second-order valence-electron chi connectivity index (χ2n) is 8.15. The fourth-order valence-electron chi connectivity index (χ4n) is 5.25. The number of hydrogen-bond donors (Lipinski definition) is 0. The maximum Gasteiger partial charge on any atom is 0.0522 e. The van der Waals surface area contributed by atoms with Crippen LogP contribution in [-0.2, 0) is 6.42 Å². The molecule has 0 amide bonds. The summed E-state index contributed by atoms with van der Waals surface area (Å²) in [5.74, 6) is 0.367. The minimum Gasteiger partial charge on any atom is -0.0833 e. The van der Waals surface area contributed by atoms with Crippen molar-refractivity contribution in [1.82, 2.24) is 0 Å². The Morgan fingerprint density at radius 1 is 0.586 bits per heavy atom. The Labute approximate surface area is 175 Å². The van der Waals surface area contributed by atoms with Gasteiger partial charge in [0.15, 0.2) is 0 Å². The van der Waals surface area contributed by atoms with E-state index in [1.54, 1.807) is 0 Å². The maximum atomic E-state index is 6.94. The highest BCUT2D eigenvalue weighted by Crippen LogP contribution is 2.44. The predicted molar refractivity (Wildman–Crippen MR) is 125 cm³/mol. The van der Waals surface area contributed by atoms with Crippen molar-refractivity contribution in [2.45, 2.75) is 25.2 Å². The Balaban J connectivity index is 1.58. The molecule has 0 aliphatic heterocycles. The van der Waals surface area contributed by atoms with E-state index >= 15 is 0 Å². The zero-order valence-corrected chi connectivity index (χ0v) is 16.9. The van der Waals surface area contributed by atoms with Crippen LogP contribution >= 0.6 is 11.6 Å². The van der Waals surface area contributed by atoms with Crippen LogP contribution in [0.25, 0.3) is 32.3 Å². The Morgan fingerprint density at radius 2 is 1.24 bits per heavy atom. The lowest BCUT2D eigenvalue weighted by atomic mass is 9.76. The summed E-state index contributed by atoms with van der Waals surface area (Å²) < 4.78 is 0. The molecule has 1 unspecified atom stereocenters. The first kappa shape index (κ1) is 17.1. The van der Waals surface area contributed by atoms with Crippen LogP contribution in [0.15, 0.2) is 84.9 Å². The predicted octanol–water partition coefficient (Wildman–Crippen LogP) is 8.27. The van der Waals surface area contributed by atoms with Crippen LogP contribution in [-0.4, -0.2) is 0 Å². The number of fused-ring (bicyclic) bond motifs is 6. The SMILES string of the molecule is Clc1c(C2CCCc3c2ccc2c3ccc3ccccc32)ccc2ccccc12. The molecule has 1 atom stereocenters. The molecule has 0 radical (unpaired) electrons. The molecule has 5 aromatic rings. The van der Waals surface area contributed by atoms with E-state index in [-0.39, 0.29) is 0 Å². The minimum absolute atomic E-state index is 0.367. The molecule has 0 heterocycles. The van der Waals surface area contributed by atoms with Gasteiger partial charge in [-0.05, 0) is 62.9 Å². The largest absolute Gasteiger partial charge is 0.0833 e. The van der Waals surface area contributed by atoms with Gasteiger partial charge in [-0.25, -0.2) is 0 Å². The molecule has 0 fully saturated rings. The molecule has 0 saturated heterocycles. The topological polar surface area (TPSA) is 0 Å². The van der Waals surface area contributed by atoms with Gasteiger partial charge < -0.3 is 0 Å². The fraction of sp³-hybridized carbons (Fsp3) is 0.143. The third-order valence-corrected chi connectivity index (χ3v) is 7.06. The maximum absolute atomic E-state index is 6.94. The van der Waals surface area contributed by atoms with E-state index in [1.807, 2.05) is 0 Å². The number of aryl methyl sites for hydroxylation is 1. The van der Waals surface area contributed by atoms with Crippen molar-refractivity contribution in [3.8, 4) is 0 Å². The van der Waals surface area contributed by atoms with Crippen LogP contribution < -0.4 is 0 Å². The number of benzene rings is 5. The van der Waals surface area contributed by atoms with Gasteiger partial charge in [0.05, 0.1) is 5.02 Å². The molecule has 5 aromatic carbocycles. The highest BCUT2D eigenvalue weighted by molar-refractivity contribution is 6.36. The quantitative estimate of drug-likeness (QED) is 0.252. The first-order valence-electron chi connectivity index (χ1n) is 10.4. The molecular weight excluding hydrogens is 372 g/mol. The molecule has 1 aliphatic rings. The molecule has 140 valence electrons. The lowest BCUT2D eigenvalue weighted by molar-refractivity contribution is 0.620. The summed E-state index contributed by atoms with van der Waals surface area (Å²) in [6.45, 7) is 0. The van der Waals surface area contributed by atoms with Crippen molar-refractivity contribution in [3.05, 3.63) is 107 Å². The van der Waals surface area contributed by atoms with E-state index < -0.39 is 0 Å². The zero-order valence-electron chi connectivity index (χ0n) is 16.2. The summed E-state index contributed by atoms with van der Waals surface area (Å²) in [5.41, 5.74) is 4.23. The average Bonchev–Trinajstić information content (AvgIpc) is 2.79. The van der Waals surface area contributed by atoms with Gasteiger partial charge in [-0.3, -0.25) is 0 Å². The molecule has 0 aromatic heterocycles. The van der Waals surface area contributed by atoms with E-state index in [0.29, 0.717) is 5.92 Å². The van der Waals surface area contributed by atoms with E-state index in [0.717, 1.165) is 23.3 Å². The normalized spacial score (nSPS) is 16.4. The first-order valence-corrected chi connectivity index (χ1v) is 10.8. The molecule has 1 heteroatoms. The van der Waals surface area contributed by atoms with Crippen molar-refractivity contribution in [2.75, 3.05) is 0 Å².